The largest absolute Gasteiger partial charge is 0.494 e. The summed E-state index contributed by atoms with van der Waals surface area (Å²) in [5.41, 5.74) is 0.960. The topological polar surface area (TPSA) is 67.4 Å². The van der Waals surface area contributed by atoms with Crippen LogP contribution < -0.4 is 15.4 Å². The van der Waals surface area contributed by atoms with Gasteiger partial charge < -0.3 is 15.4 Å². The fraction of sp³-hybridized carbons (Fsp3) is 0.429. The van der Waals surface area contributed by atoms with Crippen LogP contribution in [0.2, 0.25) is 0 Å². The van der Waals surface area contributed by atoms with E-state index in [2.05, 4.69) is 10.6 Å². The van der Waals surface area contributed by atoms with Crippen LogP contribution in [0.1, 0.15) is 32.4 Å². The zero-order chi connectivity index (χ0) is 14.3. The zero-order valence-electron chi connectivity index (χ0n) is 11.5. The Bertz CT molecular complexity index is 446. The van der Waals surface area contributed by atoms with Crippen molar-refractivity contribution in [1.29, 1.82) is 0 Å². The Hall–Kier alpha value is -2.04. The average molecular weight is 264 g/mol. The Morgan fingerprint density at radius 1 is 1.37 bits per heavy atom. The van der Waals surface area contributed by atoms with Gasteiger partial charge in [0.25, 0.3) is 0 Å². The molecule has 0 aliphatic rings. The van der Waals surface area contributed by atoms with Crippen molar-refractivity contribution in [3.63, 3.8) is 0 Å². The van der Waals surface area contributed by atoms with E-state index in [9.17, 15) is 9.59 Å². The van der Waals surface area contributed by atoms with Crippen LogP contribution in [0.25, 0.3) is 0 Å². The molecule has 0 bridgehead atoms. The van der Waals surface area contributed by atoms with Crippen molar-refractivity contribution >= 4 is 11.8 Å². The summed E-state index contributed by atoms with van der Waals surface area (Å²) in [6, 6.07) is 7.44. The van der Waals surface area contributed by atoms with Gasteiger partial charge in [0.2, 0.25) is 11.8 Å². The highest BCUT2D eigenvalue weighted by Gasteiger charge is 2.10. The summed E-state index contributed by atoms with van der Waals surface area (Å²) < 4.78 is 5.41. The van der Waals surface area contributed by atoms with Gasteiger partial charge in [0, 0.05) is 6.92 Å². The highest BCUT2D eigenvalue weighted by Crippen LogP contribution is 2.18. The van der Waals surface area contributed by atoms with E-state index in [0.717, 1.165) is 11.3 Å². The Balaban J connectivity index is 2.57. The standard InChI is InChI=1S/C14H20N2O3/c1-4-19-13-7-5-6-12(8-13)10(2)16-14(18)9-15-11(3)17/h5-8,10H,4,9H2,1-3H3,(H,15,17)(H,16,18)/t10-/m1/s1. The monoisotopic (exact) mass is 264 g/mol. The van der Waals surface area contributed by atoms with Crippen LogP contribution in [-0.4, -0.2) is 25.0 Å². The van der Waals surface area contributed by atoms with E-state index in [1.165, 1.54) is 6.92 Å². The maximum atomic E-state index is 11.6. The lowest BCUT2D eigenvalue weighted by atomic mass is 10.1. The van der Waals surface area contributed by atoms with Gasteiger partial charge in [-0.1, -0.05) is 12.1 Å². The summed E-state index contributed by atoms with van der Waals surface area (Å²) in [5.74, 6) is 0.341. The van der Waals surface area contributed by atoms with Gasteiger partial charge in [-0.05, 0) is 31.5 Å². The van der Waals surface area contributed by atoms with E-state index < -0.39 is 0 Å². The van der Waals surface area contributed by atoms with Gasteiger partial charge in [-0.25, -0.2) is 0 Å². The molecule has 0 radical (unpaired) electrons. The van der Waals surface area contributed by atoms with E-state index in [1.54, 1.807) is 0 Å². The maximum Gasteiger partial charge on any atom is 0.239 e. The first-order chi connectivity index (χ1) is 9.02. The minimum absolute atomic E-state index is 0.00910. The molecular weight excluding hydrogens is 244 g/mol. The molecule has 0 saturated heterocycles. The van der Waals surface area contributed by atoms with Gasteiger partial charge in [0.05, 0.1) is 19.2 Å². The first kappa shape index (κ1) is 15.0. The normalized spacial score (nSPS) is 11.5. The van der Waals surface area contributed by atoms with Crippen molar-refractivity contribution < 1.29 is 14.3 Å². The average Bonchev–Trinajstić information content (AvgIpc) is 2.37. The van der Waals surface area contributed by atoms with Crippen LogP contribution in [0.5, 0.6) is 5.75 Å². The summed E-state index contributed by atoms with van der Waals surface area (Å²) in [6.07, 6.45) is 0. The summed E-state index contributed by atoms with van der Waals surface area (Å²) in [5, 5.41) is 5.27. The number of hydrogen-bond acceptors (Lipinski definition) is 3. The lowest BCUT2D eigenvalue weighted by Gasteiger charge is -2.15. The Morgan fingerprint density at radius 2 is 2.11 bits per heavy atom. The number of ether oxygens (including phenoxy) is 1. The summed E-state index contributed by atoms with van der Waals surface area (Å²) in [6.45, 7) is 5.78. The molecule has 5 heteroatoms. The van der Waals surface area contributed by atoms with Crippen LogP contribution in [0, 0.1) is 0 Å². The Labute approximate surface area is 113 Å². The number of amides is 2. The van der Waals surface area contributed by atoms with Crippen LogP contribution >= 0.6 is 0 Å². The molecule has 104 valence electrons. The van der Waals surface area contributed by atoms with Crippen LogP contribution in [0.15, 0.2) is 24.3 Å². The SMILES string of the molecule is CCOc1cccc([C@@H](C)NC(=O)CNC(C)=O)c1. The highest BCUT2D eigenvalue weighted by molar-refractivity contribution is 5.83. The van der Waals surface area contributed by atoms with Gasteiger partial charge in [-0.15, -0.1) is 0 Å². The molecule has 0 aliphatic carbocycles. The van der Waals surface area contributed by atoms with Gasteiger partial charge >= 0.3 is 0 Å². The molecule has 1 aromatic rings. The quantitative estimate of drug-likeness (QED) is 0.816. The molecule has 0 spiro atoms. The van der Waals surface area contributed by atoms with Gasteiger partial charge in [-0.3, -0.25) is 9.59 Å². The number of rotatable bonds is 6. The van der Waals surface area contributed by atoms with Gasteiger partial charge in [0.1, 0.15) is 5.75 Å². The molecule has 0 unspecified atom stereocenters. The third-order valence-electron chi connectivity index (χ3n) is 2.54. The molecule has 1 rings (SSSR count). The summed E-state index contributed by atoms with van der Waals surface area (Å²) >= 11 is 0. The van der Waals surface area contributed by atoms with Crippen LogP contribution in [0.3, 0.4) is 0 Å². The number of hydrogen-bond donors (Lipinski definition) is 2. The van der Waals surface area contributed by atoms with Gasteiger partial charge in [-0.2, -0.15) is 0 Å². The fourth-order valence-electron chi connectivity index (χ4n) is 1.62. The third kappa shape index (κ3) is 5.42. The molecule has 0 fully saturated rings. The molecule has 0 aromatic heterocycles. The Kier molecular flexibility index (Phi) is 5.85. The third-order valence-corrected chi connectivity index (χ3v) is 2.54. The number of benzene rings is 1. The number of carbonyl (C=O) groups is 2. The lowest BCUT2D eigenvalue weighted by Crippen LogP contribution is -2.37. The number of nitrogens with one attached hydrogen (secondary N) is 2. The Morgan fingerprint density at radius 3 is 2.74 bits per heavy atom. The van der Waals surface area contributed by atoms with E-state index in [-0.39, 0.29) is 24.4 Å². The molecule has 1 atom stereocenters. The molecule has 0 heterocycles. The molecule has 0 aliphatic heterocycles. The predicted octanol–water partition coefficient (Wildman–Crippen LogP) is 1.40. The summed E-state index contributed by atoms with van der Waals surface area (Å²) in [4.78, 5) is 22.3. The van der Waals surface area contributed by atoms with Crippen molar-refractivity contribution in [3.8, 4) is 5.75 Å². The van der Waals surface area contributed by atoms with Crippen molar-refractivity contribution in [3.05, 3.63) is 29.8 Å². The second-order valence-corrected chi connectivity index (χ2v) is 4.20. The smallest absolute Gasteiger partial charge is 0.239 e. The van der Waals surface area contributed by atoms with Crippen molar-refractivity contribution in [2.45, 2.75) is 26.8 Å². The second-order valence-electron chi connectivity index (χ2n) is 4.20. The minimum atomic E-state index is -0.221. The summed E-state index contributed by atoms with van der Waals surface area (Å²) in [7, 11) is 0. The zero-order valence-corrected chi connectivity index (χ0v) is 11.5. The van der Waals surface area contributed by atoms with Crippen LogP contribution in [-0.2, 0) is 9.59 Å². The predicted molar refractivity (Wildman–Crippen MR) is 72.9 cm³/mol. The maximum absolute atomic E-state index is 11.6. The van der Waals surface area contributed by atoms with Crippen molar-refractivity contribution in [2.24, 2.45) is 0 Å². The van der Waals surface area contributed by atoms with Crippen LogP contribution in [0.4, 0.5) is 0 Å². The van der Waals surface area contributed by atoms with E-state index in [0.29, 0.717) is 6.61 Å². The molecule has 19 heavy (non-hydrogen) atoms. The molecule has 0 saturated carbocycles. The molecule has 1 aromatic carbocycles. The molecule has 2 N–H and O–H groups in total. The van der Waals surface area contributed by atoms with E-state index >= 15 is 0 Å². The number of carbonyl (C=O) groups excluding carboxylic acids is 2. The molecular formula is C14H20N2O3. The first-order valence-corrected chi connectivity index (χ1v) is 6.29. The van der Waals surface area contributed by atoms with Crippen molar-refractivity contribution in [2.75, 3.05) is 13.2 Å². The highest BCUT2D eigenvalue weighted by atomic mass is 16.5. The molecule has 2 amide bonds. The molecule has 5 nitrogen and oxygen atoms in total. The lowest BCUT2D eigenvalue weighted by molar-refractivity contribution is -0.125. The first-order valence-electron chi connectivity index (χ1n) is 6.29. The fourth-order valence-corrected chi connectivity index (χ4v) is 1.62. The van der Waals surface area contributed by atoms with E-state index in [1.807, 2.05) is 38.1 Å². The van der Waals surface area contributed by atoms with Gasteiger partial charge in [0.15, 0.2) is 0 Å². The van der Waals surface area contributed by atoms with Crippen molar-refractivity contribution in [1.82, 2.24) is 10.6 Å². The second kappa shape index (κ2) is 7.41. The minimum Gasteiger partial charge on any atom is -0.494 e. The van der Waals surface area contributed by atoms with E-state index in [4.69, 9.17) is 4.74 Å².